The fraction of sp³-hybridized carbons (Fsp3) is 0.862. The fourth-order valence-electron chi connectivity index (χ4n) is 10.4. The van der Waals surface area contributed by atoms with Crippen molar-refractivity contribution in [2.45, 2.75) is 103 Å². The maximum atomic E-state index is 12.1. The van der Waals surface area contributed by atoms with Crippen molar-refractivity contribution in [3.05, 3.63) is 11.6 Å². The Hall–Kier alpha value is -1.36. The molecule has 5 heteroatoms. The topological polar surface area (TPSA) is 55.8 Å². The summed E-state index contributed by atoms with van der Waals surface area (Å²) in [6.07, 6.45) is 14.0. The van der Waals surface area contributed by atoms with E-state index >= 15 is 0 Å². The molecule has 0 aromatic rings. The zero-order chi connectivity index (χ0) is 23.9. The quantitative estimate of drug-likeness (QED) is 0.414. The maximum Gasteiger partial charge on any atom is 0.293 e. The predicted octanol–water partition coefficient (Wildman–Crippen LogP) is 5.34. The molecule has 0 bridgehead atoms. The van der Waals surface area contributed by atoms with Crippen molar-refractivity contribution in [3.63, 3.8) is 0 Å². The second kappa shape index (κ2) is 7.82. The molecule has 1 spiro atoms. The van der Waals surface area contributed by atoms with Gasteiger partial charge in [-0.2, -0.15) is 0 Å². The molecular weight excluding hydrogens is 426 g/mol. The van der Waals surface area contributed by atoms with Crippen LogP contribution in [0.3, 0.4) is 0 Å². The minimum atomic E-state index is -0.378. The summed E-state index contributed by atoms with van der Waals surface area (Å²) in [5.41, 5.74) is 1.73. The molecule has 2 aliphatic heterocycles. The molecule has 11 unspecified atom stereocenters. The second-order valence-corrected chi connectivity index (χ2v) is 13.4. The van der Waals surface area contributed by atoms with Gasteiger partial charge < -0.3 is 14.4 Å². The van der Waals surface area contributed by atoms with Gasteiger partial charge in [-0.25, -0.2) is 0 Å². The number of rotatable bonds is 3. The van der Waals surface area contributed by atoms with Gasteiger partial charge in [0.2, 0.25) is 6.41 Å². The molecule has 11 atom stereocenters. The number of piperidine rings is 1. The van der Waals surface area contributed by atoms with Gasteiger partial charge in [0, 0.05) is 18.9 Å². The van der Waals surface area contributed by atoms with Crippen LogP contribution in [-0.2, 0) is 19.1 Å². The molecule has 6 aliphatic rings. The summed E-state index contributed by atoms with van der Waals surface area (Å²) in [6.45, 7) is 11.2. The van der Waals surface area contributed by atoms with Crippen molar-refractivity contribution in [2.24, 2.45) is 46.3 Å². The highest BCUT2D eigenvalue weighted by Gasteiger charge is 2.69. The Labute approximate surface area is 205 Å². The minimum absolute atomic E-state index is 0.0671. The predicted molar refractivity (Wildman–Crippen MR) is 129 cm³/mol. The number of hydrogen-bond donors (Lipinski definition) is 0. The summed E-state index contributed by atoms with van der Waals surface area (Å²) < 4.78 is 12.4. The van der Waals surface area contributed by atoms with Crippen LogP contribution in [0.15, 0.2) is 11.6 Å². The Bertz CT molecular complexity index is 887. The number of likely N-dealkylation sites (tertiary alicyclic amines) is 1. The van der Waals surface area contributed by atoms with Crippen LogP contribution in [0.5, 0.6) is 0 Å². The lowest BCUT2D eigenvalue weighted by Gasteiger charge is -2.59. The van der Waals surface area contributed by atoms with E-state index < -0.39 is 0 Å². The van der Waals surface area contributed by atoms with Gasteiger partial charge >= 0.3 is 0 Å². The van der Waals surface area contributed by atoms with Crippen LogP contribution in [0, 0.1) is 46.3 Å². The van der Waals surface area contributed by atoms with Crippen molar-refractivity contribution in [2.75, 3.05) is 6.54 Å². The summed E-state index contributed by atoms with van der Waals surface area (Å²) in [6, 6.07) is 0. The van der Waals surface area contributed by atoms with Crippen LogP contribution in [0.1, 0.15) is 85.5 Å². The van der Waals surface area contributed by atoms with Crippen LogP contribution < -0.4 is 0 Å². The number of amides is 1. The molecule has 3 saturated carbocycles. The van der Waals surface area contributed by atoms with E-state index in [0.717, 1.165) is 63.3 Å². The Morgan fingerprint density at radius 1 is 1.09 bits per heavy atom. The smallest absolute Gasteiger partial charge is 0.293 e. The number of ether oxygens (including phenoxy) is 2. The molecule has 4 aliphatic carbocycles. The Morgan fingerprint density at radius 3 is 2.68 bits per heavy atom. The van der Waals surface area contributed by atoms with E-state index in [2.05, 4.69) is 33.8 Å². The lowest BCUT2D eigenvalue weighted by atomic mass is 9.46. The molecule has 0 aromatic heterocycles. The standard InChI is InChI=1S/C29H43NO4/c1-18-7-12-29(30(15-18)16-31)19(2)26-25(34-29)14-24-22-6-5-20-13-21(33-17-32)8-10-27(20,3)23(22)9-11-28(24,26)4/h5,16-19,21-26H,6-15H2,1-4H3. The lowest BCUT2D eigenvalue weighted by Crippen LogP contribution is -2.58. The Morgan fingerprint density at radius 2 is 1.91 bits per heavy atom. The molecule has 2 saturated heterocycles. The van der Waals surface area contributed by atoms with Crippen LogP contribution in [0.4, 0.5) is 0 Å². The van der Waals surface area contributed by atoms with Gasteiger partial charge in [-0.15, -0.1) is 0 Å². The number of allylic oxidation sites excluding steroid dienone is 1. The van der Waals surface area contributed by atoms with Crippen molar-refractivity contribution in [3.8, 4) is 0 Å². The summed E-state index contributed by atoms with van der Waals surface area (Å²) in [5, 5.41) is 0. The highest BCUT2D eigenvalue weighted by atomic mass is 16.5. The third-order valence-electron chi connectivity index (χ3n) is 12.1. The third kappa shape index (κ3) is 2.94. The first-order valence-electron chi connectivity index (χ1n) is 14.0. The third-order valence-corrected chi connectivity index (χ3v) is 12.1. The van der Waals surface area contributed by atoms with Gasteiger partial charge in [-0.05, 0) is 91.8 Å². The van der Waals surface area contributed by atoms with Crippen molar-refractivity contribution >= 4 is 12.9 Å². The van der Waals surface area contributed by atoms with Crippen LogP contribution in [-0.4, -0.2) is 42.3 Å². The average molecular weight is 470 g/mol. The number of fused-ring (bicyclic) bond motifs is 7. The molecule has 1 amide bonds. The largest absolute Gasteiger partial charge is 0.464 e. The van der Waals surface area contributed by atoms with E-state index in [4.69, 9.17) is 9.47 Å². The lowest BCUT2D eigenvalue weighted by molar-refractivity contribution is -0.192. The Kier molecular flexibility index (Phi) is 5.30. The molecule has 6 rings (SSSR count). The molecule has 5 fully saturated rings. The summed E-state index contributed by atoms with van der Waals surface area (Å²) in [5.74, 6) is 3.65. The minimum Gasteiger partial charge on any atom is -0.464 e. The normalized spacial score (nSPS) is 53.9. The molecule has 2 heterocycles. The first-order valence-corrected chi connectivity index (χ1v) is 14.0. The number of carbonyl (C=O) groups is 2. The summed E-state index contributed by atoms with van der Waals surface area (Å²) >= 11 is 0. The zero-order valence-electron chi connectivity index (χ0n) is 21.5. The number of nitrogens with zero attached hydrogens (tertiary/aromatic N) is 1. The monoisotopic (exact) mass is 469 g/mol. The molecule has 5 nitrogen and oxygen atoms in total. The molecule has 188 valence electrons. The highest BCUT2D eigenvalue weighted by Crippen LogP contribution is 2.70. The first kappa shape index (κ1) is 23.1. The SMILES string of the molecule is CC1CCC2(OC3CC4C5CC=C6CC(OC=O)CCC6(C)C5CCC4(C)C3C2C)N(C=O)C1. The van der Waals surface area contributed by atoms with Gasteiger partial charge in [0.05, 0.1) is 6.10 Å². The first-order chi connectivity index (χ1) is 16.3. The molecule has 0 aromatic carbocycles. The average Bonchev–Trinajstić information content (AvgIpc) is 3.27. The Balaban J connectivity index is 1.27. The maximum absolute atomic E-state index is 12.1. The molecule has 0 N–H and O–H groups in total. The van der Waals surface area contributed by atoms with Gasteiger partial charge in [-0.3, -0.25) is 9.59 Å². The zero-order valence-corrected chi connectivity index (χ0v) is 21.5. The fourth-order valence-corrected chi connectivity index (χ4v) is 10.4. The van der Waals surface area contributed by atoms with E-state index in [1.807, 2.05) is 4.90 Å². The molecule has 34 heavy (non-hydrogen) atoms. The second-order valence-electron chi connectivity index (χ2n) is 13.4. The number of carbonyl (C=O) groups excluding carboxylic acids is 2. The highest BCUT2D eigenvalue weighted by molar-refractivity contribution is 5.49. The molecule has 0 radical (unpaired) electrons. The van der Waals surface area contributed by atoms with E-state index in [1.54, 1.807) is 5.57 Å². The van der Waals surface area contributed by atoms with E-state index in [9.17, 15) is 9.59 Å². The van der Waals surface area contributed by atoms with E-state index in [0.29, 0.717) is 35.6 Å². The number of hydrogen-bond acceptors (Lipinski definition) is 4. The van der Waals surface area contributed by atoms with Gasteiger partial charge in [0.1, 0.15) is 11.8 Å². The summed E-state index contributed by atoms with van der Waals surface area (Å²) in [7, 11) is 0. The van der Waals surface area contributed by atoms with Crippen molar-refractivity contribution in [1.82, 2.24) is 4.90 Å². The van der Waals surface area contributed by atoms with Gasteiger partial charge in [0.25, 0.3) is 6.47 Å². The van der Waals surface area contributed by atoms with Gasteiger partial charge in [-0.1, -0.05) is 39.3 Å². The van der Waals surface area contributed by atoms with Crippen LogP contribution >= 0.6 is 0 Å². The van der Waals surface area contributed by atoms with Gasteiger partial charge in [0.15, 0.2) is 0 Å². The van der Waals surface area contributed by atoms with Crippen molar-refractivity contribution in [1.29, 1.82) is 0 Å². The van der Waals surface area contributed by atoms with Crippen molar-refractivity contribution < 1.29 is 19.1 Å². The van der Waals surface area contributed by atoms with Crippen LogP contribution in [0.25, 0.3) is 0 Å². The molecular formula is C29H43NO4. The van der Waals surface area contributed by atoms with Crippen LogP contribution in [0.2, 0.25) is 0 Å². The van der Waals surface area contributed by atoms with E-state index in [-0.39, 0.29) is 23.3 Å². The summed E-state index contributed by atoms with van der Waals surface area (Å²) in [4.78, 5) is 25.1. The van der Waals surface area contributed by atoms with E-state index in [1.165, 1.54) is 19.3 Å².